The Labute approximate surface area is 182 Å². The minimum atomic E-state index is 0.262. The highest BCUT2D eigenvalue weighted by atomic mass is 16.6. The van der Waals surface area contributed by atoms with Crippen molar-refractivity contribution in [3.63, 3.8) is 0 Å². The van der Waals surface area contributed by atoms with Crippen LogP contribution in [0.15, 0.2) is 18.2 Å². The van der Waals surface area contributed by atoms with Gasteiger partial charge in [-0.15, -0.1) is 0 Å². The fourth-order valence-electron chi connectivity index (χ4n) is 4.82. The molecule has 0 spiro atoms. The van der Waals surface area contributed by atoms with Crippen LogP contribution in [0.1, 0.15) is 27.8 Å². The van der Waals surface area contributed by atoms with Crippen LogP contribution in [0.25, 0.3) is 11.1 Å². The van der Waals surface area contributed by atoms with Crippen LogP contribution in [0.2, 0.25) is 0 Å². The number of hydrogen-bond donors (Lipinski definition) is 2. The van der Waals surface area contributed by atoms with Crippen molar-refractivity contribution < 1.29 is 18.9 Å². The Morgan fingerprint density at radius 2 is 1.23 bits per heavy atom. The van der Waals surface area contributed by atoms with Crippen LogP contribution in [-0.4, -0.2) is 50.8 Å². The fraction of sp³-hybridized carbons (Fsp3) is 0.520. The zero-order chi connectivity index (χ0) is 21.1. The highest BCUT2D eigenvalue weighted by molar-refractivity contribution is 5.91. The first kappa shape index (κ1) is 19.6. The lowest BCUT2D eigenvalue weighted by Gasteiger charge is -2.24. The van der Waals surface area contributed by atoms with Crippen molar-refractivity contribution in [3.05, 3.63) is 46.0 Å². The van der Waals surface area contributed by atoms with E-state index in [9.17, 15) is 0 Å². The van der Waals surface area contributed by atoms with E-state index in [4.69, 9.17) is 30.4 Å². The number of anilines is 2. The monoisotopic (exact) mass is 422 g/mol. The minimum Gasteiger partial charge on any atom is -0.397 e. The third-order valence-corrected chi connectivity index (χ3v) is 6.98. The van der Waals surface area contributed by atoms with Gasteiger partial charge in [0, 0.05) is 31.2 Å². The smallest absolute Gasteiger partial charge is 0.0850 e. The summed E-state index contributed by atoms with van der Waals surface area (Å²) < 4.78 is 22.4. The van der Waals surface area contributed by atoms with Crippen molar-refractivity contribution in [1.29, 1.82) is 0 Å². The van der Waals surface area contributed by atoms with Gasteiger partial charge in [0.25, 0.3) is 0 Å². The van der Waals surface area contributed by atoms with Crippen molar-refractivity contribution >= 4 is 11.4 Å². The molecule has 0 aromatic heterocycles. The largest absolute Gasteiger partial charge is 0.397 e. The van der Waals surface area contributed by atoms with E-state index in [0.29, 0.717) is 23.6 Å². The summed E-state index contributed by atoms with van der Waals surface area (Å²) in [7, 11) is 0. The molecule has 4 atom stereocenters. The van der Waals surface area contributed by atoms with Crippen LogP contribution in [0.3, 0.4) is 0 Å². The molecule has 2 aromatic carbocycles. The number of hydrogen-bond acceptors (Lipinski definition) is 6. The molecule has 4 unspecified atom stereocenters. The molecule has 2 aromatic rings. The van der Waals surface area contributed by atoms with Gasteiger partial charge in [0.2, 0.25) is 0 Å². The molecule has 0 aliphatic carbocycles. The van der Waals surface area contributed by atoms with Gasteiger partial charge in [0.05, 0.1) is 62.2 Å². The molecule has 0 bridgehead atoms. The van der Waals surface area contributed by atoms with Gasteiger partial charge in [-0.25, -0.2) is 0 Å². The lowest BCUT2D eigenvalue weighted by atomic mass is 9.82. The molecule has 0 amide bonds. The SMILES string of the molecule is Cc1c(N)c(N)c(-c2cccc(CC3CO3)c2CC2CO2)c(CC2CO2)c1CC1CO1. The molecule has 4 N–H and O–H groups in total. The lowest BCUT2D eigenvalue weighted by Crippen LogP contribution is -2.14. The Bertz CT molecular complexity index is 1020. The second kappa shape index (κ2) is 7.48. The summed E-state index contributed by atoms with van der Waals surface area (Å²) in [6.45, 7) is 5.39. The second-order valence-corrected chi connectivity index (χ2v) is 9.37. The summed E-state index contributed by atoms with van der Waals surface area (Å²) in [5.74, 6) is 0. The van der Waals surface area contributed by atoms with E-state index < -0.39 is 0 Å². The lowest BCUT2D eigenvalue weighted by molar-refractivity contribution is 0.401. The van der Waals surface area contributed by atoms with Crippen molar-refractivity contribution in [2.24, 2.45) is 0 Å². The van der Waals surface area contributed by atoms with E-state index >= 15 is 0 Å². The maximum Gasteiger partial charge on any atom is 0.0850 e. The molecule has 4 saturated heterocycles. The molecule has 0 saturated carbocycles. The fourth-order valence-corrected chi connectivity index (χ4v) is 4.82. The standard InChI is InChI=1S/C25H30N2O4/c1-13-20(6-16-10-29-16)22(8-18-12-31-18)23(25(27)24(13)26)19-4-2-3-14(5-15-9-28-15)21(19)7-17-11-30-17/h2-4,15-18H,5-12,26-27H2,1H3. The van der Waals surface area contributed by atoms with E-state index in [0.717, 1.165) is 63.2 Å². The van der Waals surface area contributed by atoms with Gasteiger partial charge in [0.15, 0.2) is 0 Å². The van der Waals surface area contributed by atoms with Crippen LogP contribution >= 0.6 is 0 Å². The summed E-state index contributed by atoms with van der Waals surface area (Å²) in [5.41, 5.74) is 23.3. The van der Waals surface area contributed by atoms with Gasteiger partial charge in [-0.05, 0) is 40.3 Å². The summed E-state index contributed by atoms with van der Waals surface area (Å²) in [6.07, 6.45) is 4.73. The molecular formula is C25H30N2O4. The van der Waals surface area contributed by atoms with Crippen LogP contribution < -0.4 is 11.5 Å². The van der Waals surface area contributed by atoms with Crippen LogP contribution in [0.4, 0.5) is 11.4 Å². The topological polar surface area (TPSA) is 102 Å². The summed E-state index contributed by atoms with van der Waals surface area (Å²) in [4.78, 5) is 0. The number of epoxide rings is 4. The first-order valence-corrected chi connectivity index (χ1v) is 11.3. The van der Waals surface area contributed by atoms with Gasteiger partial charge >= 0.3 is 0 Å². The van der Waals surface area contributed by atoms with Gasteiger partial charge in [-0.1, -0.05) is 18.2 Å². The number of nitrogen functional groups attached to an aromatic ring is 2. The average molecular weight is 423 g/mol. The Morgan fingerprint density at radius 3 is 1.81 bits per heavy atom. The predicted octanol–water partition coefficient (Wildman–Crippen LogP) is 2.59. The van der Waals surface area contributed by atoms with E-state index in [1.807, 2.05) is 0 Å². The number of nitrogens with two attached hydrogens (primary N) is 2. The van der Waals surface area contributed by atoms with Crippen molar-refractivity contribution in [2.45, 2.75) is 57.0 Å². The molecule has 31 heavy (non-hydrogen) atoms. The van der Waals surface area contributed by atoms with Gasteiger partial charge in [-0.3, -0.25) is 0 Å². The molecule has 4 aliphatic heterocycles. The second-order valence-electron chi connectivity index (χ2n) is 9.37. The first-order valence-electron chi connectivity index (χ1n) is 11.3. The van der Waals surface area contributed by atoms with Gasteiger partial charge < -0.3 is 30.4 Å². The van der Waals surface area contributed by atoms with Gasteiger partial charge in [0.1, 0.15) is 0 Å². The summed E-state index contributed by atoms with van der Waals surface area (Å²) in [6, 6.07) is 6.56. The molecule has 4 heterocycles. The van der Waals surface area contributed by atoms with E-state index in [1.54, 1.807) is 0 Å². The van der Waals surface area contributed by atoms with Crippen molar-refractivity contribution in [1.82, 2.24) is 0 Å². The van der Waals surface area contributed by atoms with Crippen LogP contribution in [0.5, 0.6) is 0 Å². The number of ether oxygens (including phenoxy) is 4. The molecule has 6 nitrogen and oxygen atoms in total. The third kappa shape index (κ3) is 4.05. The quantitative estimate of drug-likeness (QED) is 0.476. The predicted molar refractivity (Wildman–Crippen MR) is 119 cm³/mol. The molecular weight excluding hydrogens is 392 g/mol. The van der Waals surface area contributed by atoms with E-state index in [2.05, 4.69) is 25.1 Å². The Kier molecular flexibility index (Phi) is 4.72. The normalized spacial score (nSPS) is 27.9. The van der Waals surface area contributed by atoms with E-state index in [1.165, 1.54) is 27.8 Å². The Morgan fingerprint density at radius 1 is 0.710 bits per heavy atom. The molecule has 0 radical (unpaired) electrons. The molecule has 4 fully saturated rings. The third-order valence-electron chi connectivity index (χ3n) is 6.98. The molecule has 4 aliphatic rings. The zero-order valence-electron chi connectivity index (χ0n) is 18.0. The van der Waals surface area contributed by atoms with Crippen LogP contribution in [-0.2, 0) is 44.6 Å². The highest BCUT2D eigenvalue weighted by Crippen LogP contribution is 2.44. The van der Waals surface area contributed by atoms with Gasteiger partial charge in [-0.2, -0.15) is 0 Å². The number of benzene rings is 2. The zero-order valence-corrected chi connectivity index (χ0v) is 18.0. The molecule has 164 valence electrons. The highest BCUT2D eigenvalue weighted by Gasteiger charge is 2.34. The minimum absolute atomic E-state index is 0.262. The molecule has 6 rings (SSSR count). The van der Waals surface area contributed by atoms with Crippen LogP contribution in [0, 0.1) is 6.92 Å². The maximum atomic E-state index is 6.75. The van der Waals surface area contributed by atoms with Crippen molar-refractivity contribution in [2.75, 3.05) is 37.9 Å². The van der Waals surface area contributed by atoms with E-state index in [-0.39, 0.29) is 12.2 Å². The summed E-state index contributed by atoms with van der Waals surface area (Å²) in [5, 5.41) is 0. The maximum absolute atomic E-state index is 6.75. The Balaban J connectivity index is 1.53. The average Bonchev–Trinajstić information content (AvgIpc) is 3.60. The Hall–Kier alpha value is -2.12. The number of rotatable bonds is 9. The van der Waals surface area contributed by atoms with Crippen molar-refractivity contribution in [3.8, 4) is 11.1 Å². The summed E-state index contributed by atoms with van der Waals surface area (Å²) >= 11 is 0. The molecule has 6 heteroatoms. The first-order chi connectivity index (χ1) is 15.1.